The van der Waals surface area contributed by atoms with Crippen LogP contribution in [0, 0.1) is 18.6 Å². The van der Waals surface area contributed by atoms with Gasteiger partial charge in [-0.3, -0.25) is 16.0 Å². The Hall–Kier alpha value is -1.79. The van der Waals surface area contributed by atoms with E-state index in [-0.39, 0.29) is 6.04 Å². The minimum atomic E-state index is -0.614. The van der Waals surface area contributed by atoms with Gasteiger partial charge in [-0.1, -0.05) is 0 Å². The lowest BCUT2D eigenvalue weighted by molar-refractivity contribution is 0.515. The molecule has 0 aliphatic heterocycles. The van der Waals surface area contributed by atoms with Crippen molar-refractivity contribution in [2.45, 2.75) is 19.4 Å². The molecule has 0 fully saturated rings. The number of halogens is 2. The second-order valence-corrected chi connectivity index (χ2v) is 4.53. The van der Waals surface area contributed by atoms with E-state index in [1.54, 1.807) is 4.68 Å². The third kappa shape index (κ3) is 3.15. The van der Waals surface area contributed by atoms with Crippen molar-refractivity contribution < 1.29 is 8.78 Å². The van der Waals surface area contributed by atoms with Crippen molar-refractivity contribution in [3.05, 3.63) is 52.9 Å². The van der Waals surface area contributed by atoms with Gasteiger partial charge in [-0.15, -0.1) is 0 Å². The van der Waals surface area contributed by atoms with Crippen LogP contribution in [-0.2, 0) is 13.5 Å². The van der Waals surface area contributed by atoms with Crippen molar-refractivity contribution in [3.63, 3.8) is 0 Å². The minimum Gasteiger partial charge on any atom is -0.272 e. The number of hydrogen-bond donors (Lipinski definition) is 2. The molecular formula is C13H16F2N4. The Bertz CT molecular complexity index is 560. The maximum atomic E-state index is 13.2. The van der Waals surface area contributed by atoms with E-state index in [0.717, 1.165) is 17.5 Å². The number of nitrogens with one attached hydrogen (secondary N) is 1. The van der Waals surface area contributed by atoms with Crippen LogP contribution < -0.4 is 11.3 Å². The van der Waals surface area contributed by atoms with Crippen LogP contribution in [0.5, 0.6) is 0 Å². The molecule has 0 saturated heterocycles. The van der Waals surface area contributed by atoms with Gasteiger partial charge in [0.1, 0.15) is 11.6 Å². The second kappa shape index (κ2) is 5.46. The zero-order chi connectivity index (χ0) is 14.0. The van der Waals surface area contributed by atoms with Crippen molar-refractivity contribution in [2.24, 2.45) is 12.9 Å². The Morgan fingerprint density at radius 3 is 2.37 bits per heavy atom. The van der Waals surface area contributed by atoms with E-state index >= 15 is 0 Å². The minimum absolute atomic E-state index is 0.375. The van der Waals surface area contributed by atoms with Gasteiger partial charge >= 0.3 is 0 Å². The first-order chi connectivity index (χ1) is 8.99. The fourth-order valence-electron chi connectivity index (χ4n) is 2.11. The maximum Gasteiger partial charge on any atom is 0.126 e. The summed E-state index contributed by atoms with van der Waals surface area (Å²) in [6.45, 7) is 1.89. The lowest BCUT2D eigenvalue weighted by atomic mass is 10.0. The molecule has 2 aromatic rings. The number of aryl methyl sites for hydroxylation is 2. The monoisotopic (exact) mass is 266 g/mol. The number of rotatable bonds is 4. The predicted octanol–water partition coefficient (Wildman–Crippen LogP) is 1.75. The van der Waals surface area contributed by atoms with Crippen molar-refractivity contribution in [3.8, 4) is 0 Å². The first-order valence-electron chi connectivity index (χ1n) is 5.91. The smallest absolute Gasteiger partial charge is 0.126 e. The molecule has 0 saturated carbocycles. The zero-order valence-corrected chi connectivity index (χ0v) is 10.8. The summed E-state index contributed by atoms with van der Waals surface area (Å²) >= 11 is 0. The molecule has 4 nitrogen and oxygen atoms in total. The van der Waals surface area contributed by atoms with Crippen LogP contribution in [0.3, 0.4) is 0 Å². The summed E-state index contributed by atoms with van der Waals surface area (Å²) < 4.78 is 28.2. The zero-order valence-electron chi connectivity index (χ0n) is 10.8. The summed E-state index contributed by atoms with van der Waals surface area (Å²) in [5.74, 6) is 4.26. The summed E-state index contributed by atoms with van der Waals surface area (Å²) in [6, 6.07) is 4.93. The summed E-state index contributed by atoms with van der Waals surface area (Å²) in [4.78, 5) is 0. The van der Waals surface area contributed by atoms with Crippen LogP contribution in [0.2, 0.25) is 0 Å². The van der Waals surface area contributed by atoms with E-state index in [1.165, 1.54) is 12.1 Å². The molecule has 0 amide bonds. The van der Waals surface area contributed by atoms with Gasteiger partial charge in [0, 0.05) is 25.2 Å². The third-order valence-corrected chi connectivity index (χ3v) is 3.00. The second-order valence-electron chi connectivity index (χ2n) is 4.53. The fourth-order valence-corrected chi connectivity index (χ4v) is 2.11. The average molecular weight is 266 g/mol. The van der Waals surface area contributed by atoms with Crippen molar-refractivity contribution in [1.82, 2.24) is 15.2 Å². The van der Waals surface area contributed by atoms with E-state index in [1.807, 2.05) is 20.0 Å². The molecule has 1 heterocycles. The van der Waals surface area contributed by atoms with Crippen LogP contribution in [0.25, 0.3) is 0 Å². The van der Waals surface area contributed by atoms with Gasteiger partial charge in [0.2, 0.25) is 0 Å². The van der Waals surface area contributed by atoms with E-state index in [9.17, 15) is 8.78 Å². The number of hydrogen-bond acceptors (Lipinski definition) is 3. The molecule has 0 aliphatic carbocycles. The molecule has 0 aliphatic rings. The average Bonchev–Trinajstić information content (AvgIpc) is 2.63. The van der Waals surface area contributed by atoms with Gasteiger partial charge in [-0.25, -0.2) is 8.78 Å². The van der Waals surface area contributed by atoms with Crippen LogP contribution in [0.1, 0.15) is 23.0 Å². The highest BCUT2D eigenvalue weighted by Gasteiger charge is 2.15. The molecule has 0 bridgehead atoms. The van der Waals surface area contributed by atoms with Gasteiger partial charge in [0.25, 0.3) is 0 Å². The normalized spacial score (nSPS) is 12.7. The number of hydrazine groups is 1. The Morgan fingerprint density at radius 1 is 1.26 bits per heavy atom. The highest BCUT2D eigenvalue weighted by molar-refractivity contribution is 5.23. The summed E-state index contributed by atoms with van der Waals surface area (Å²) in [7, 11) is 1.82. The Kier molecular flexibility index (Phi) is 3.92. The first-order valence-corrected chi connectivity index (χ1v) is 5.91. The molecule has 3 N–H and O–H groups in total. The number of aromatic nitrogens is 2. The van der Waals surface area contributed by atoms with Crippen LogP contribution in [-0.4, -0.2) is 9.78 Å². The SMILES string of the molecule is Cc1cc(CC(NN)c2cc(F)cc(F)c2)n(C)n1. The lowest BCUT2D eigenvalue weighted by Crippen LogP contribution is -2.30. The van der Waals surface area contributed by atoms with E-state index in [2.05, 4.69) is 10.5 Å². The van der Waals surface area contributed by atoms with Crippen molar-refractivity contribution >= 4 is 0 Å². The van der Waals surface area contributed by atoms with Crippen LogP contribution >= 0.6 is 0 Å². The lowest BCUT2D eigenvalue weighted by Gasteiger charge is -2.16. The summed E-state index contributed by atoms with van der Waals surface area (Å²) in [5, 5.41) is 4.23. The Labute approximate surface area is 110 Å². The molecule has 0 spiro atoms. The summed E-state index contributed by atoms with van der Waals surface area (Å²) in [6.07, 6.45) is 0.497. The molecule has 1 atom stereocenters. The maximum absolute atomic E-state index is 13.2. The standard InChI is InChI=1S/C13H16F2N4/c1-8-3-12(19(2)18-8)7-13(17-16)9-4-10(14)6-11(15)5-9/h3-6,13,17H,7,16H2,1-2H3. The molecule has 2 rings (SSSR count). The van der Waals surface area contributed by atoms with Gasteiger partial charge in [-0.2, -0.15) is 5.10 Å². The molecular weight excluding hydrogens is 250 g/mol. The molecule has 0 radical (unpaired) electrons. The molecule has 1 aromatic carbocycles. The van der Waals surface area contributed by atoms with Gasteiger partial charge < -0.3 is 0 Å². The van der Waals surface area contributed by atoms with Gasteiger partial charge in [-0.05, 0) is 30.7 Å². The topological polar surface area (TPSA) is 55.9 Å². The molecule has 6 heteroatoms. The molecule has 102 valence electrons. The Morgan fingerprint density at radius 2 is 1.89 bits per heavy atom. The summed E-state index contributed by atoms with van der Waals surface area (Å²) in [5.41, 5.74) is 4.88. The highest BCUT2D eigenvalue weighted by atomic mass is 19.1. The van der Waals surface area contributed by atoms with E-state index in [4.69, 9.17) is 5.84 Å². The van der Waals surface area contributed by atoms with E-state index in [0.29, 0.717) is 12.0 Å². The first kappa shape index (κ1) is 13.6. The highest BCUT2D eigenvalue weighted by Crippen LogP contribution is 2.20. The molecule has 1 aromatic heterocycles. The van der Waals surface area contributed by atoms with Crippen LogP contribution in [0.15, 0.2) is 24.3 Å². The molecule has 1 unspecified atom stereocenters. The predicted molar refractivity (Wildman–Crippen MR) is 68.1 cm³/mol. The van der Waals surface area contributed by atoms with Crippen LogP contribution in [0.4, 0.5) is 8.78 Å². The van der Waals surface area contributed by atoms with Gasteiger partial charge in [0.05, 0.1) is 11.7 Å². The number of nitrogens with two attached hydrogens (primary N) is 1. The van der Waals surface area contributed by atoms with Crippen molar-refractivity contribution in [2.75, 3.05) is 0 Å². The quantitative estimate of drug-likeness (QED) is 0.655. The van der Waals surface area contributed by atoms with E-state index < -0.39 is 11.6 Å². The van der Waals surface area contributed by atoms with Crippen molar-refractivity contribution in [1.29, 1.82) is 0 Å². The van der Waals surface area contributed by atoms with Gasteiger partial charge in [0.15, 0.2) is 0 Å². The fraction of sp³-hybridized carbons (Fsp3) is 0.308. The number of benzene rings is 1. The Balaban J connectivity index is 2.27. The third-order valence-electron chi connectivity index (χ3n) is 3.00. The molecule has 19 heavy (non-hydrogen) atoms. The largest absolute Gasteiger partial charge is 0.272 e. The number of nitrogens with zero attached hydrogens (tertiary/aromatic N) is 2.